The number of halogens is 3. The largest absolute Gasteiger partial charge is 0.387 e. The third kappa shape index (κ3) is 3.54. The molecule has 0 aliphatic heterocycles. The number of alkyl halides is 2. The molecule has 0 unspecified atom stereocenters. The van der Waals surface area contributed by atoms with Gasteiger partial charge in [-0.25, -0.2) is 18.4 Å². The van der Waals surface area contributed by atoms with E-state index in [-0.39, 0.29) is 5.02 Å². The summed E-state index contributed by atoms with van der Waals surface area (Å²) in [5, 5.41) is 4.10. The van der Waals surface area contributed by atoms with Crippen LogP contribution in [0.25, 0.3) is 5.69 Å². The monoisotopic (exact) mass is 354 g/mol. The summed E-state index contributed by atoms with van der Waals surface area (Å²) in [6.07, 6.45) is 0.436. The summed E-state index contributed by atoms with van der Waals surface area (Å²) in [5.41, 5.74) is 13.0. The zero-order chi connectivity index (χ0) is 17.3. The van der Waals surface area contributed by atoms with E-state index in [4.69, 9.17) is 23.1 Å². The molecule has 0 saturated heterocycles. The molecule has 1 aromatic heterocycles. The standard InChI is InChI=1S/C15H17ClF2N6/c16-10-4-3-9(11(19)6-21-14(20)8-1-2-8)5-12(10)24-15(13(17)18)22-7-23-24/h3-5,7-8,11,13H,1-2,6,19H2,(H2,20,21)/t11-/m1/s1. The summed E-state index contributed by atoms with van der Waals surface area (Å²) in [4.78, 5) is 7.87. The Morgan fingerprint density at radius 3 is 2.83 bits per heavy atom. The number of aliphatic imine (C=N–C) groups is 1. The van der Waals surface area contributed by atoms with Crippen molar-refractivity contribution in [1.82, 2.24) is 14.8 Å². The molecule has 1 heterocycles. The van der Waals surface area contributed by atoms with Gasteiger partial charge in [0.25, 0.3) is 6.43 Å². The number of amidine groups is 1. The maximum atomic E-state index is 13.0. The first-order valence-corrected chi connectivity index (χ1v) is 7.88. The lowest BCUT2D eigenvalue weighted by atomic mass is 10.1. The van der Waals surface area contributed by atoms with Gasteiger partial charge < -0.3 is 11.5 Å². The Morgan fingerprint density at radius 1 is 1.42 bits per heavy atom. The molecule has 1 aliphatic rings. The highest BCUT2D eigenvalue weighted by atomic mass is 35.5. The van der Waals surface area contributed by atoms with Crippen LogP contribution >= 0.6 is 11.6 Å². The highest BCUT2D eigenvalue weighted by molar-refractivity contribution is 6.32. The molecule has 6 nitrogen and oxygen atoms in total. The van der Waals surface area contributed by atoms with Crippen LogP contribution in [-0.4, -0.2) is 27.1 Å². The van der Waals surface area contributed by atoms with Gasteiger partial charge in [-0.2, -0.15) is 5.10 Å². The minimum absolute atomic E-state index is 0.277. The van der Waals surface area contributed by atoms with E-state index < -0.39 is 18.3 Å². The molecule has 1 atom stereocenters. The van der Waals surface area contributed by atoms with Crippen LogP contribution < -0.4 is 11.5 Å². The van der Waals surface area contributed by atoms with Crippen LogP contribution in [0.4, 0.5) is 8.78 Å². The van der Waals surface area contributed by atoms with Crippen molar-refractivity contribution in [2.75, 3.05) is 6.54 Å². The normalized spacial score (nSPS) is 16.6. The van der Waals surface area contributed by atoms with Gasteiger partial charge >= 0.3 is 0 Å². The van der Waals surface area contributed by atoms with Crippen LogP contribution in [0, 0.1) is 5.92 Å². The quantitative estimate of drug-likeness (QED) is 0.615. The Kier molecular flexibility index (Phi) is 4.77. The number of aromatic nitrogens is 3. The molecular weight excluding hydrogens is 338 g/mol. The first-order valence-electron chi connectivity index (χ1n) is 7.50. The molecule has 1 saturated carbocycles. The molecule has 9 heteroatoms. The summed E-state index contributed by atoms with van der Waals surface area (Å²) in [5.74, 6) is 0.524. The number of nitrogens with zero attached hydrogens (tertiary/aromatic N) is 4. The number of hydrogen-bond acceptors (Lipinski definition) is 4. The molecule has 1 aromatic carbocycles. The highest BCUT2D eigenvalue weighted by Crippen LogP contribution is 2.30. The Hall–Kier alpha value is -2.06. The molecule has 3 rings (SSSR count). The fourth-order valence-electron chi connectivity index (χ4n) is 2.32. The van der Waals surface area contributed by atoms with Gasteiger partial charge in [-0.05, 0) is 30.5 Å². The average Bonchev–Trinajstić information content (AvgIpc) is 3.29. The third-order valence-electron chi connectivity index (χ3n) is 3.86. The van der Waals surface area contributed by atoms with Crippen LogP contribution in [0.15, 0.2) is 29.5 Å². The molecule has 0 radical (unpaired) electrons. The number of hydrogen-bond donors (Lipinski definition) is 2. The maximum absolute atomic E-state index is 13.0. The van der Waals surface area contributed by atoms with E-state index in [1.165, 1.54) is 0 Å². The Morgan fingerprint density at radius 2 is 2.17 bits per heavy atom. The second kappa shape index (κ2) is 6.82. The lowest BCUT2D eigenvalue weighted by molar-refractivity contribution is 0.137. The lowest BCUT2D eigenvalue weighted by Crippen LogP contribution is -2.20. The van der Waals surface area contributed by atoms with Crippen molar-refractivity contribution in [2.45, 2.75) is 25.3 Å². The van der Waals surface area contributed by atoms with Gasteiger partial charge in [0.1, 0.15) is 6.33 Å². The molecule has 1 fully saturated rings. The fraction of sp³-hybridized carbons (Fsp3) is 0.400. The van der Waals surface area contributed by atoms with E-state index in [0.717, 1.165) is 23.9 Å². The molecule has 1 aliphatic carbocycles. The third-order valence-corrected chi connectivity index (χ3v) is 4.18. The van der Waals surface area contributed by atoms with Gasteiger partial charge in [0.15, 0.2) is 5.82 Å². The van der Waals surface area contributed by atoms with Crippen molar-refractivity contribution in [2.24, 2.45) is 22.4 Å². The van der Waals surface area contributed by atoms with Gasteiger partial charge in [-0.1, -0.05) is 17.7 Å². The van der Waals surface area contributed by atoms with Crippen LogP contribution in [0.3, 0.4) is 0 Å². The first-order chi connectivity index (χ1) is 11.5. The van der Waals surface area contributed by atoms with E-state index in [2.05, 4.69) is 15.1 Å². The predicted octanol–water partition coefficient (Wildman–Crippen LogP) is 2.63. The second-order valence-electron chi connectivity index (χ2n) is 5.69. The smallest absolute Gasteiger partial charge is 0.297 e. The number of nitrogens with two attached hydrogens (primary N) is 2. The SMILES string of the molecule is NC(=NC[C@@H](N)c1ccc(Cl)c(-n2ncnc2C(F)F)c1)C1CC1. The first kappa shape index (κ1) is 16.8. The highest BCUT2D eigenvalue weighted by Gasteiger charge is 2.25. The van der Waals surface area contributed by atoms with E-state index >= 15 is 0 Å². The number of rotatable bonds is 6. The van der Waals surface area contributed by atoms with Gasteiger partial charge in [0.2, 0.25) is 0 Å². The summed E-state index contributed by atoms with van der Waals surface area (Å²) >= 11 is 6.12. The zero-order valence-corrected chi connectivity index (χ0v) is 13.5. The van der Waals surface area contributed by atoms with E-state index in [1.54, 1.807) is 18.2 Å². The molecule has 24 heavy (non-hydrogen) atoms. The summed E-state index contributed by atoms with van der Waals surface area (Å²) in [6.45, 7) is 0.322. The Bertz CT molecular complexity index is 756. The summed E-state index contributed by atoms with van der Waals surface area (Å²) in [7, 11) is 0. The van der Waals surface area contributed by atoms with Crippen LogP contribution in [-0.2, 0) is 0 Å². The van der Waals surface area contributed by atoms with Gasteiger partial charge in [0, 0.05) is 12.0 Å². The van der Waals surface area contributed by atoms with E-state index in [1.807, 2.05) is 0 Å². The van der Waals surface area contributed by atoms with Crippen LogP contribution in [0.2, 0.25) is 5.02 Å². The Balaban J connectivity index is 1.85. The minimum Gasteiger partial charge on any atom is -0.387 e. The molecule has 0 amide bonds. The molecular formula is C15H17ClF2N6. The molecule has 2 aromatic rings. The molecule has 128 valence electrons. The van der Waals surface area contributed by atoms with Crippen LogP contribution in [0.1, 0.15) is 36.7 Å². The lowest BCUT2D eigenvalue weighted by Gasteiger charge is -2.14. The van der Waals surface area contributed by atoms with Crippen molar-refractivity contribution in [3.05, 3.63) is 40.9 Å². The molecule has 0 spiro atoms. The van der Waals surface area contributed by atoms with Gasteiger partial charge in [0.05, 0.1) is 23.1 Å². The molecule has 4 N–H and O–H groups in total. The average molecular weight is 355 g/mol. The van der Waals surface area contributed by atoms with Crippen molar-refractivity contribution < 1.29 is 8.78 Å². The van der Waals surface area contributed by atoms with Crippen molar-refractivity contribution in [3.8, 4) is 5.69 Å². The second-order valence-corrected chi connectivity index (χ2v) is 6.10. The molecule has 0 bridgehead atoms. The van der Waals surface area contributed by atoms with E-state index in [9.17, 15) is 8.78 Å². The van der Waals surface area contributed by atoms with Gasteiger partial charge in [-0.15, -0.1) is 0 Å². The number of benzene rings is 1. The van der Waals surface area contributed by atoms with Crippen molar-refractivity contribution in [3.63, 3.8) is 0 Å². The van der Waals surface area contributed by atoms with Gasteiger partial charge in [-0.3, -0.25) is 4.99 Å². The minimum atomic E-state index is -2.76. The van der Waals surface area contributed by atoms with Crippen molar-refractivity contribution in [1.29, 1.82) is 0 Å². The van der Waals surface area contributed by atoms with Crippen molar-refractivity contribution >= 4 is 17.4 Å². The zero-order valence-electron chi connectivity index (χ0n) is 12.7. The fourth-order valence-corrected chi connectivity index (χ4v) is 2.52. The topological polar surface area (TPSA) is 95.1 Å². The summed E-state index contributed by atoms with van der Waals surface area (Å²) in [6, 6.07) is 4.53. The Labute approximate surface area is 142 Å². The van der Waals surface area contributed by atoms with Crippen LogP contribution in [0.5, 0.6) is 0 Å². The predicted molar refractivity (Wildman–Crippen MR) is 87.5 cm³/mol. The maximum Gasteiger partial charge on any atom is 0.297 e. The summed E-state index contributed by atoms with van der Waals surface area (Å²) < 4.78 is 27.0. The van der Waals surface area contributed by atoms with E-state index in [0.29, 0.717) is 29.5 Å².